The van der Waals surface area contributed by atoms with Gasteiger partial charge in [0.1, 0.15) is 6.10 Å². The molecule has 1 spiro atoms. The minimum atomic E-state index is -1.28. The van der Waals surface area contributed by atoms with E-state index in [0.717, 1.165) is 0 Å². The Hall–Kier alpha value is -2.02. The number of allylic oxidation sites excluding steroid dienone is 1. The van der Waals surface area contributed by atoms with E-state index in [4.69, 9.17) is 9.47 Å². The molecule has 8 atom stereocenters. The fourth-order valence-electron chi connectivity index (χ4n) is 7.96. The van der Waals surface area contributed by atoms with Crippen molar-refractivity contribution in [3.05, 3.63) is 12.2 Å². The van der Waals surface area contributed by atoms with E-state index in [2.05, 4.69) is 6.58 Å². The van der Waals surface area contributed by atoms with Gasteiger partial charge in [-0.2, -0.15) is 0 Å². The number of rotatable bonds is 2. The molecular weight excluding hydrogens is 400 g/mol. The summed E-state index contributed by atoms with van der Waals surface area (Å²) in [5.74, 6) is -3.03. The van der Waals surface area contributed by atoms with Crippen molar-refractivity contribution in [1.82, 2.24) is 0 Å². The van der Waals surface area contributed by atoms with Crippen LogP contribution in [0.15, 0.2) is 12.2 Å². The Labute approximate surface area is 182 Å². The monoisotopic (exact) mass is 432 g/mol. The van der Waals surface area contributed by atoms with Crippen LogP contribution in [0.2, 0.25) is 0 Å². The molecule has 2 bridgehead atoms. The highest BCUT2D eigenvalue weighted by molar-refractivity contribution is 6.08. The van der Waals surface area contributed by atoms with Gasteiger partial charge in [-0.1, -0.05) is 27.4 Å². The molecule has 0 saturated heterocycles. The van der Waals surface area contributed by atoms with E-state index in [1.54, 1.807) is 0 Å². The molecule has 7 nitrogen and oxygen atoms in total. The number of ether oxygens (including phenoxy) is 2. The zero-order valence-corrected chi connectivity index (χ0v) is 18.9. The average molecular weight is 433 g/mol. The first-order valence-corrected chi connectivity index (χ1v) is 11.1. The molecule has 1 N–H and O–H groups in total. The van der Waals surface area contributed by atoms with Crippen molar-refractivity contribution in [2.24, 2.45) is 34.0 Å². The third-order valence-electron chi connectivity index (χ3n) is 8.75. The summed E-state index contributed by atoms with van der Waals surface area (Å²) in [7, 11) is 0. The van der Waals surface area contributed by atoms with Gasteiger partial charge in [0.05, 0.1) is 11.5 Å². The van der Waals surface area contributed by atoms with Crippen molar-refractivity contribution >= 4 is 23.5 Å². The van der Waals surface area contributed by atoms with Gasteiger partial charge >= 0.3 is 11.9 Å². The molecule has 0 aromatic heterocycles. The third-order valence-corrected chi connectivity index (χ3v) is 8.75. The number of fused-ring (bicyclic) bond motifs is 3. The van der Waals surface area contributed by atoms with Crippen LogP contribution in [0.4, 0.5) is 0 Å². The molecule has 7 heteroatoms. The molecule has 4 rings (SSSR count). The highest BCUT2D eigenvalue weighted by atomic mass is 16.6. The molecule has 0 radical (unpaired) electrons. The maximum absolute atomic E-state index is 14.1. The predicted molar refractivity (Wildman–Crippen MR) is 110 cm³/mol. The SMILES string of the molecule is C=C1C(=O)[C@]23C[C@H]1C[C@H](O)[C@H]2[C@]1(C)CC[C@H](OC(C)=O)C(C)(C)[C@H]1C(=O)[C@@H]3OC(C)=O. The number of aliphatic hydroxyl groups excluding tert-OH is 1. The predicted octanol–water partition coefficient (Wildman–Crippen LogP) is 2.39. The Morgan fingerprint density at radius 2 is 1.71 bits per heavy atom. The fourth-order valence-corrected chi connectivity index (χ4v) is 7.96. The lowest BCUT2D eigenvalue weighted by Crippen LogP contribution is -2.72. The van der Waals surface area contributed by atoms with Crippen LogP contribution >= 0.6 is 0 Å². The molecule has 170 valence electrons. The summed E-state index contributed by atoms with van der Waals surface area (Å²) >= 11 is 0. The third kappa shape index (κ3) is 2.74. The fraction of sp³-hybridized carbons (Fsp3) is 0.750. The Kier molecular flexibility index (Phi) is 4.82. The van der Waals surface area contributed by atoms with Crippen molar-refractivity contribution in [3.8, 4) is 0 Å². The van der Waals surface area contributed by atoms with E-state index in [1.165, 1.54) is 13.8 Å². The van der Waals surface area contributed by atoms with Crippen LogP contribution in [0, 0.1) is 34.0 Å². The molecule has 0 aromatic rings. The van der Waals surface area contributed by atoms with E-state index in [9.17, 15) is 24.3 Å². The molecular formula is C24H32O7. The van der Waals surface area contributed by atoms with E-state index >= 15 is 0 Å². The van der Waals surface area contributed by atoms with Gasteiger partial charge < -0.3 is 14.6 Å². The van der Waals surface area contributed by atoms with Crippen molar-refractivity contribution < 1.29 is 33.8 Å². The molecule has 4 fully saturated rings. The summed E-state index contributed by atoms with van der Waals surface area (Å²) in [6.07, 6.45) is -0.745. The van der Waals surface area contributed by atoms with Gasteiger partial charge in [-0.25, -0.2) is 0 Å². The van der Waals surface area contributed by atoms with Crippen molar-refractivity contribution in [1.29, 1.82) is 0 Å². The summed E-state index contributed by atoms with van der Waals surface area (Å²) in [6, 6.07) is 0. The van der Waals surface area contributed by atoms with Crippen molar-refractivity contribution in [2.45, 2.75) is 78.6 Å². The Bertz CT molecular complexity index is 888. The average Bonchev–Trinajstić information content (AvgIpc) is 2.82. The molecule has 0 aliphatic heterocycles. The van der Waals surface area contributed by atoms with Gasteiger partial charge in [-0.05, 0) is 42.6 Å². The van der Waals surface area contributed by atoms with Gasteiger partial charge in [-0.15, -0.1) is 0 Å². The molecule has 31 heavy (non-hydrogen) atoms. The first kappa shape index (κ1) is 22.2. The number of hydrogen-bond acceptors (Lipinski definition) is 7. The zero-order chi connectivity index (χ0) is 23.1. The van der Waals surface area contributed by atoms with Gasteiger partial charge in [0.2, 0.25) is 0 Å². The Balaban J connectivity index is 1.91. The molecule has 4 aliphatic rings. The van der Waals surface area contributed by atoms with Gasteiger partial charge in [-0.3, -0.25) is 19.2 Å². The second-order valence-electron chi connectivity index (χ2n) is 10.9. The van der Waals surface area contributed by atoms with E-state index < -0.39 is 58.3 Å². The van der Waals surface area contributed by atoms with Crippen LogP contribution in [0.5, 0.6) is 0 Å². The second kappa shape index (κ2) is 6.74. The molecule has 0 aromatic carbocycles. The van der Waals surface area contributed by atoms with E-state index in [1.807, 2.05) is 20.8 Å². The number of Topliss-reactive ketones (excluding diaryl/α,β-unsaturated/α-hetero) is 2. The van der Waals surface area contributed by atoms with Crippen LogP contribution in [0.3, 0.4) is 0 Å². The molecule has 0 unspecified atom stereocenters. The summed E-state index contributed by atoms with van der Waals surface area (Å²) in [6.45, 7) is 12.3. The van der Waals surface area contributed by atoms with Gasteiger partial charge in [0, 0.05) is 31.1 Å². The quantitative estimate of drug-likeness (QED) is 0.527. The second-order valence-corrected chi connectivity index (χ2v) is 10.9. The zero-order valence-electron chi connectivity index (χ0n) is 18.9. The molecule has 0 amide bonds. The maximum atomic E-state index is 14.1. The lowest BCUT2D eigenvalue weighted by atomic mass is 9.39. The van der Waals surface area contributed by atoms with Crippen molar-refractivity contribution in [2.75, 3.05) is 0 Å². The van der Waals surface area contributed by atoms with Crippen LogP contribution in [0.25, 0.3) is 0 Å². The van der Waals surface area contributed by atoms with Gasteiger partial charge in [0.25, 0.3) is 0 Å². The summed E-state index contributed by atoms with van der Waals surface area (Å²) in [5.41, 5.74) is -2.33. The number of esters is 2. The number of ketones is 2. The summed E-state index contributed by atoms with van der Waals surface area (Å²) < 4.78 is 11.2. The summed E-state index contributed by atoms with van der Waals surface area (Å²) in [4.78, 5) is 51.4. The normalized spacial score (nSPS) is 45.5. The first-order chi connectivity index (χ1) is 14.3. The van der Waals surface area contributed by atoms with Crippen LogP contribution in [0.1, 0.15) is 60.3 Å². The number of aliphatic hydroxyl groups is 1. The lowest BCUT2D eigenvalue weighted by Gasteiger charge is -2.65. The molecule has 4 aliphatic carbocycles. The number of carbonyl (C=O) groups is 4. The highest BCUT2D eigenvalue weighted by Gasteiger charge is 2.77. The highest BCUT2D eigenvalue weighted by Crippen LogP contribution is 2.70. The maximum Gasteiger partial charge on any atom is 0.303 e. The van der Waals surface area contributed by atoms with E-state index in [-0.39, 0.29) is 17.5 Å². The Morgan fingerprint density at radius 3 is 2.29 bits per heavy atom. The van der Waals surface area contributed by atoms with Gasteiger partial charge in [0.15, 0.2) is 17.7 Å². The lowest BCUT2D eigenvalue weighted by molar-refractivity contribution is -0.235. The largest absolute Gasteiger partial charge is 0.462 e. The number of hydrogen-bond donors (Lipinski definition) is 1. The standard InChI is InChI=1S/C24H32O7/c1-11-14-9-15(27)18-23(6)8-7-16(30-12(2)25)22(4,5)19(23)17(28)21(31-13(3)26)24(18,10-14)20(11)29/h14-16,18-19,21,27H,1,7-10H2,2-6H3/t14-,15+,16+,18+,19-,21+,23+,24+/m1/s1. The molecule has 4 saturated carbocycles. The minimum absolute atomic E-state index is 0.213. The van der Waals surface area contributed by atoms with Crippen molar-refractivity contribution in [3.63, 3.8) is 0 Å². The number of carbonyl (C=O) groups excluding carboxylic acids is 4. The van der Waals surface area contributed by atoms with Crippen LogP contribution in [-0.2, 0) is 28.7 Å². The van der Waals surface area contributed by atoms with Crippen LogP contribution < -0.4 is 0 Å². The van der Waals surface area contributed by atoms with E-state index in [0.29, 0.717) is 31.3 Å². The summed E-state index contributed by atoms with van der Waals surface area (Å²) in [5, 5.41) is 11.3. The Morgan fingerprint density at radius 1 is 1.10 bits per heavy atom. The topological polar surface area (TPSA) is 107 Å². The molecule has 0 heterocycles. The first-order valence-electron chi connectivity index (χ1n) is 11.1. The minimum Gasteiger partial charge on any atom is -0.462 e. The van der Waals surface area contributed by atoms with Crippen LogP contribution in [-0.4, -0.2) is 46.9 Å². The smallest absolute Gasteiger partial charge is 0.303 e.